The van der Waals surface area contributed by atoms with Crippen molar-refractivity contribution in [1.82, 2.24) is 0 Å². The van der Waals surface area contributed by atoms with Gasteiger partial charge in [0.15, 0.2) is 0 Å². The molecule has 0 saturated heterocycles. The number of ether oxygens (including phenoxy) is 1. The van der Waals surface area contributed by atoms with Crippen LogP contribution in [0.25, 0.3) is 0 Å². The van der Waals surface area contributed by atoms with Crippen LogP contribution in [0.15, 0.2) is 18.2 Å². The van der Waals surface area contributed by atoms with Crippen molar-refractivity contribution in [3.8, 4) is 5.75 Å². The van der Waals surface area contributed by atoms with E-state index in [0.717, 1.165) is 25.3 Å². The summed E-state index contributed by atoms with van der Waals surface area (Å²) in [6.45, 7) is 0. The lowest BCUT2D eigenvalue weighted by Gasteiger charge is -2.11. The fraction of sp³-hybridized carbons (Fsp3) is 0.222. The topological polar surface area (TPSA) is 81.5 Å². The van der Waals surface area contributed by atoms with Crippen molar-refractivity contribution in [2.45, 2.75) is 6.18 Å². The maximum Gasteiger partial charge on any atom is 0.471 e. The third kappa shape index (κ3) is 3.09. The highest BCUT2D eigenvalue weighted by atomic mass is 19.4. The van der Waals surface area contributed by atoms with Crippen LogP contribution >= 0.6 is 0 Å². The number of amides is 1. The summed E-state index contributed by atoms with van der Waals surface area (Å²) in [6.07, 6.45) is -5.09. The summed E-state index contributed by atoms with van der Waals surface area (Å²) in [5.41, 5.74) is -0.887. The number of alkyl halides is 3. The highest BCUT2D eigenvalue weighted by Gasteiger charge is 2.39. The number of hydrogen-bond donors (Lipinski definition) is 1. The number of benzene rings is 1. The number of rotatable bonds is 3. The van der Waals surface area contributed by atoms with E-state index in [1.54, 1.807) is 0 Å². The second kappa shape index (κ2) is 4.90. The predicted molar refractivity (Wildman–Crippen MR) is 54.3 cm³/mol. The molecule has 9 heteroatoms. The Bertz CT molecular complexity index is 487. The summed E-state index contributed by atoms with van der Waals surface area (Å²) < 4.78 is 40.8. The molecular weight excluding hydrogens is 257 g/mol. The van der Waals surface area contributed by atoms with Gasteiger partial charge in [-0.15, -0.1) is 0 Å². The summed E-state index contributed by atoms with van der Waals surface area (Å²) in [5, 5.41) is 12.0. The normalized spacial score (nSPS) is 10.9. The van der Waals surface area contributed by atoms with Crippen molar-refractivity contribution < 1.29 is 27.6 Å². The Balaban J connectivity index is 3.09. The van der Waals surface area contributed by atoms with Crippen molar-refractivity contribution in [2.75, 3.05) is 12.4 Å². The van der Waals surface area contributed by atoms with Crippen LogP contribution in [0, 0.1) is 10.1 Å². The molecule has 0 fully saturated rings. The number of anilines is 1. The molecule has 0 atom stereocenters. The Morgan fingerprint density at radius 2 is 2.06 bits per heavy atom. The van der Waals surface area contributed by atoms with E-state index in [9.17, 15) is 28.1 Å². The summed E-state index contributed by atoms with van der Waals surface area (Å²) >= 11 is 0. The molecule has 0 aliphatic carbocycles. The van der Waals surface area contributed by atoms with Gasteiger partial charge in [-0.3, -0.25) is 14.9 Å². The number of carbonyl (C=O) groups is 1. The van der Waals surface area contributed by atoms with E-state index in [1.165, 1.54) is 5.32 Å². The van der Waals surface area contributed by atoms with Crippen molar-refractivity contribution in [1.29, 1.82) is 0 Å². The number of halogens is 3. The highest BCUT2D eigenvalue weighted by molar-refractivity contribution is 5.96. The molecule has 0 aromatic heterocycles. The molecule has 0 unspecified atom stereocenters. The van der Waals surface area contributed by atoms with Crippen molar-refractivity contribution in [3.05, 3.63) is 28.3 Å². The second-order valence-corrected chi connectivity index (χ2v) is 3.09. The Hall–Kier alpha value is -2.32. The number of hydrogen-bond acceptors (Lipinski definition) is 4. The van der Waals surface area contributed by atoms with Gasteiger partial charge >= 0.3 is 12.1 Å². The molecule has 98 valence electrons. The second-order valence-electron chi connectivity index (χ2n) is 3.09. The predicted octanol–water partition coefficient (Wildman–Crippen LogP) is 2.10. The molecule has 1 rings (SSSR count). The van der Waals surface area contributed by atoms with Crippen molar-refractivity contribution in [2.24, 2.45) is 0 Å². The maximum atomic E-state index is 12.0. The molecule has 0 aliphatic rings. The minimum absolute atomic E-state index is 0.113. The molecule has 0 radical (unpaired) electrons. The van der Waals surface area contributed by atoms with Gasteiger partial charge in [0.1, 0.15) is 5.75 Å². The van der Waals surface area contributed by atoms with E-state index < -0.39 is 28.4 Å². The van der Waals surface area contributed by atoms with E-state index in [2.05, 4.69) is 4.74 Å². The van der Waals surface area contributed by atoms with Gasteiger partial charge in [-0.05, 0) is 6.07 Å². The number of nitrogens with zero attached hydrogens (tertiary/aromatic N) is 1. The number of non-ortho nitro benzene ring substituents is 1. The van der Waals surface area contributed by atoms with Crippen LogP contribution in [0.3, 0.4) is 0 Å². The molecule has 18 heavy (non-hydrogen) atoms. The van der Waals surface area contributed by atoms with E-state index >= 15 is 0 Å². The average molecular weight is 264 g/mol. The molecule has 0 spiro atoms. The molecular formula is C9H7F3N2O4. The van der Waals surface area contributed by atoms with Crippen molar-refractivity contribution in [3.63, 3.8) is 0 Å². The fourth-order valence-electron chi connectivity index (χ4n) is 1.10. The highest BCUT2D eigenvalue weighted by Crippen LogP contribution is 2.30. The average Bonchev–Trinajstić information content (AvgIpc) is 2.27. The first-order valence-corrected chi connectivity index (χ1v) is 4.46. The third-order valence-corrected chi connectivity index (χ3v) is 1.90. The molecule has 1 aromatic carbocycles. The van der Waals surface area contributed by atoms with Gasteiger partial charge in [0, 0.05) is 12.1 Å². The van der Waals surface area contributed by atoms with Gasteiger partial charge in [0.25, 0.3) is 5.69 Å². The lowest BCUT2D eigenvalue weighted by molar-refractivity contribution is -0.384. The maximum absolute atomic E-state index is 12.0. The van der Waals surface area contributed by atoms with Crippen LogP contribution < -0.4 is 10.1 Å². The monoisotopic (exact) mass is 264 g/mol. The SMILES string of the molecule is COc1ccc([N+](=O)[O-])cc1NC(=O)C(F)(F)F. The molecule has 0 bridgehead atoms. The number of methoxy groups -OCH3 is 1. The van der Waals surface area contributed by atoms with Gasteiger partial charge in [0.2, 0.25) is 0 Å². The first-order chi connectivity index (χ1) is 8.25. The molecule has 1 N–H and O–H groups in total. The van der Waals surface area contributed by atoms with Gasteiger partial charge in [0.05, 0.1) is 17.7 Å². The Morgan fingerprint density at radius 1 is 1.44 bits per heavy atom. The molecule has 0 aliphatic heterocycles. The van der Waals surface area contributed by atoms with E-state index in [4.69, 9.17) is 0 Å². The van der Waals surface area contributed by atoms with Crippen molar-refractivity contribution >= 4 is 17.3 Å². The van der Waals surface area contributed by atoms with Crippen LogP contribution in [-0.4, -0.2) is 24.1 Å². The quantitative estimate of drug-likeness (QED) is 0.669. The van der Waals surface area contributed by atoms with Gasteiger partial charge < -0.3 is 10.1 Å². The number of nitro benzene ring substituents is 1. The van der Waals surface area contributed by atoms with Gasteiger partial charge in [-0.1, -0.05) is 0 Å². The van der Waals surface area contributed by atoms with Crippen LogP contribution in [0.2, 0.25) is 0 Å². The zero-order chi connectivity index (χ0) is 13.9. The minimum atomic E-state index is -5.09. The standard InChI is InChI=1S/C9H7F3N2O4/c1-18-7-3-2-5(14(16)17)4-6(7)13-8(15)9(10,11)12/h2-4H,1H3,(H,13,15). The van der Waals surface area contributed by atoms with Crippen LogP contribution in [0.4, 0.5) is 24.5 Å². The fourth-order valence-corrected chi connectivity index (χ4v) is 1.10. The summed E-state index contributed by atoms with van der Waals surface area (Å²) in [7, 11) is 1.16. The van der Waals surface area contributed by atoms with E-state index in [1.807, 2.05) is 0 Å². The van der Waals surface area contributed by atoms with Crippen LogP contribution in [0.1, 0.15) is 0 Å². The van der Waals surface area contributed by atoms with Crippen LogP contribution in [0.5, 0.6) is 5.75 Å². The first kappa shape index (κ1) is 13.7. The van der Waals surface area contributed by atoms with Gasteiger partial charge in [-0.2, -0.15) is 13.2 Å². The number of nitro groups is 1. The summed E-state index contributed by atoms with van der Waals surface area (Å²) in [4.78, 5) is 20.4. The Kier molecular flexibility index (Phi) is 3.74. The molecule has 1 amide bonds. The largest absolute Gasteiger partial charge is 0.495 e. The zero-order valence-corrected chi connectivity index (χ0v) is 8.95. The zero-order valence-electron chi connectivity index (χ0n) is 8.95. The molecule has 0 heterocycles. The summed E-state index contributed by atoms with van der Waals surface area (Å²) in [5.74, 6) is -2.35. The minimum Gasteiger partial charge on any atom is -0.495 e. The van der Waals surface area contributed by atoms with Crippen LogP contribution in [-0.2, 0) is 4.79 Å². The van der Waals surface area contributed by atoms with Gasteiger partial charge in [-0.25, -0.2) is 0 Å². The number of carbonyl (C=O) groups excluding carboxylic acids is 1. The van der Waals surface area contributed by atoms with E-state index in [0.29, 0.717) is 0 Å². The Morgan fingerprint density at radius 3 is 2.50 bits per heavy atom. The smallest absolute Gasteiger partial charge is 0.471 e. The third-order valence-electron chi connectivity index (χ3n) is 1.90. The number of nitrogens with one attached hydrogen (secondary N) is 1. The van der Waals surface area contributed by atoms with E-state index in [-0.39, 0.29) is 5.75 Å². The first-order valence-electron chi connectivity index (χ1n) is 4.46. The lowest BCUT2D eigenvalue weighted by atomic mass is 10.2. The lowest BCUT2D eigenvalue weighted by Crippen LogP contribution is -2.30. The summed E-state index contributed by atoms with van der Waals surface area (Å²) in [6, 6.07) is 2.91. The molecule has 1 aromatic rings. The molecule has 6 nitrogen and oxygen atoms in total. The Labute approximate surface area is 98.5 Å². The molecule has 0 saturated carbocycles.